The van der Waals surface area contributed by atoms with E-state index in [0.717, 1.165) is 11.1 Å². The SMILES string of the molecule is O=C(Cn1nc(-n2cccn2)ccc1=O)NCCC(c1ccccc1)c1ccccc1. The van der Waals surface area contributed by atoms with Gasteiger partial charge in [0.15, 0.2) is 5.82 Å². The summed E-state index contributed by atoms with van der Waals surface area (Å²) >= 11 is 0. The molecule has 1 amide bonds. The summed E-state index contributed by atoms with van der Waals surface area (Å²) in [4.78, 5) is 24.6. The topological polar surface area (TPSA) is 81.8 Å². The van der Waals surface area contributed by atoms with E-state index in [9.17, 15) is 9.59 Å². The number of carbonyl (C=O) groups is 1. The highest BCUT2D eigenvalue weighted by atomic mass is 16.2. The minimum absolute atomic E-state index is 0.144. The van der Waals surface area contributed by atoms with E-state index < -0.39 is 0 Å². The number of benzene rings is 2. The fraction of sp³-hybridized carbons (Fsp3) is 0.167. The molecule has 0 aliphatic rings. The van der Waals surface area contributed by atoms with Gasteiger partial charge in [-0.3, -0.25) is 9.59 Å². The van der Waals surface area contributed by atoms with Crippen molar-refractivity contribution in [3.05, 3.63) is 113 Å². The largest absolute Gasteiger partial charge is 0.354 e. The first-order chi connectivity index (χ1) is 15.2. The lowest BCUT2D eigenvalue weighted by Gasteiger charge is -2.18. The first-order valence-corrected chi connectivity index (χ1v) is 10.2. The van der Waals surface area contributed by atoms with Gasteiger partial charge in [-0.1, -0.05) is 60.7 Å². The van der Waals surface area contributed by atoms with Gasteiger partial charge in [-0.05, 0) is 29.7 Å². The van der Waals surface area contributed by atoms with Gasteiger partial charge in [0.1, 0.15) is 6.54 Å². The number of amides is 1. The van der Waals surface area contributed by atoms with Gasteiger partial charge < -0.3 is 5.32 Å². The average molecular weight is 413 g/mol. The molecule has 2 heterocycles. The molecule has 4 aromatic rings. The quantitative estimate of drug-likeness (QED) is 0.482. The molecule has 2 aromatic carbocycles. The molecule has 156 valence electrons. The van der Waals surface area contributed by atoms with Gasteiger partial charge in [-0.2, -0.15) is 5.10 Å². The van der Waals surface area contributed by atoms with E-state index >= 15 is 0 Å². The molecule has 0 fully saturated rings. The summed E-state index contributed by atoms with van der Waals surface area (Å²) in [5.41, 5.74) is 2.07. The molecule has 0 aliphatic carbocycles. The molecule has 4 rings (SSSR count). The predicted molar refractivity (Wildman–Crippen MR) is 118 cm³/mol. The Hall–Kier alpha value is -4.00. The Kier molecular flexibility index (Phi) is 6.32. The Morgan fingerprint density at radius 1 is 0.903 bits per heavy atom. The monoisotopic (exact) mass is 413 g/mol. The average Bonchev–Trinajstić information content (AvgIpc) is 3.34. The first-order valence-electron chi connectivity index (χ1n) is 10.2. The van der Waals surface area contributed by atoms with Gasteiger partial charge in [-0.25, -0.2) is 9.36 Å². The molecule has 0 atom stereocenters. The van der Waals surface area contributed by atoms with Crippen LogP contribution in [0.25, 0.3) is 5.82 Å². The van der Waals surface area contributed by atoms with Gasteiger partial charge in [-0.15, -0.1) is 5.10 Å². The van der Waals surface area contributed by atoms with Crippen LogP contribution >= 0.6 is 0 Å². The molecule has 0 bridgehead atoms. The Morgan fingerprint density at radius 2 is 1.58 bits per heavy atom. The number of hydrogen-bond donors (Lipinski definition) is 1. The molecule has 31 heavy (non-hydrogen) atoms. The molecule has 1 N–H and O–H groups in total. The molecular formula is C24H23N5O2. The van der Waals surface area contributed by atoms with Crippen LogP contribution < -0.4 is 10.9 Å². The van der Waals surface area contributed by atoms with Crippen LogP contribution in [0.15, 0.2) is 96.1 Å². The van der Waals surface area contributed by atoms with Crippen molar-refractivity contribution < 1.29 is 4.79 Å². The molecule has 0 saturated carbocycles. The van der Waals surface area contributed by atoms with Crippen molar-refractivity contribution in [1.82, 2.24) is 24.9 Å². The number of nitrogens with one attached hydrogen (secondary N) is 1. The summed E-state index contributed by atoms with van der Waals surface area (Å²) in [5.74, 6) is 0.393. The third-order valence-electron chi connectivity index (χ3n) is 5.04. The molecule has 0 saturated heterocycles. The number of rotatable bonds is 8. The van der Waals surface area contributed by atoms with E-state index in [1.807, 2.05) is 36.4 Å². The Morgan fingerprint density at radius 3 is 2.19 bits per heavy atom. The highest BCUT2D eigenvalue weighted by Gasteiger charge is 2.14. The minimum atomic E-state index is -0.336. The maximum absolute atomic E-state index is 12.5. The summed E-state index contributed by atoms with van der Waals surface area (Å²) in [5, 5.41) is 11.3. The van der Waals surface area contributed by atoms with Crippen LogP contribution in [0.5, 0.6) is 0 Å². The number of carbonyl (C=O) groups excluding carboxylic acids is 1. The third kappa shape index (κ3) is 5.14. The van der Waals surface area contributed by atoms with Gasteiger partial charge in [0.2, 0.25) is 5.91 Å². The minimum Gasteiger partial charge on any atom is -0.354 e. The third-order valence-corrected chi connectivity index (χ3v) is 5.04. The zero-order valence-electron chi connectivity index (χ0n) is 17.0. The van der Waals surface area contributed by atoms with Gasteiger partial charge >= 0.3 is 0 Å². The van der Waals surface area contributed by atoms with Gasteiger partial charge in [0.05, 0.1) is 0 Å². The first kappa shape index (κ1) is 20.3. The lowest BCUT2D eigenvalue weighted by Crippen LogP contribution is -2.34. The van der Waals surface area contributed by atoms with Crippen molar-refractivity contribution in [3.8, 4) is 5.82 Å². The lowest BCUT2D eigenvalue weighted by molar-refractivity contribution is -0.121. The van der Waals surface area contributed by atoms with Crippen LogP contribution in [0.3, 0.4) is 0 Å². The lowest BCUT2D eigenvalue weighted by atomic mass is 9.88. The zero-order valence-corrected chi connectivity index (χ0v) is 17.0. The Balaban J connectivity index is 1.40. The molecule has 0 aliphatic heterocycles. The Bertz CT molecular complexity index is 1130. The maximum atomic E-state index is 12.5. The van der Waals surface area contributed by atoms with E-state index in [-0.39, 0.29) is 23.9 Å². The molecule has 2 aromatic heterocycles. The second kappa shape index (κ2) is 9.67. The second-order valence-electron chi connectivity index (χ2n) is 7.15. The molecule has 0 radical (unpaired) electrons. The fourth-order valence-corrected chi connectivity index (χ4v) is 3.52. The zero-order chi connectivity index (χ0) is 21.5. The van der Waals surface area contributed by atoms with Crippen LogP contribution in [-0.2, 0) is 11.3 Å². The van der Waals surface area contributed by atoms with Crippen molar-refractivity contribution in [2.45, 2.75) is 18.9 Å². The van der Waals surface area contributed by atoms with Crippen LogP contribution in [0, 0.1) is 0 Å². The van der Waals surface area contributed by atoms with Crippen LogP contribution in [0.4, 0.5) is 0 Å². The van der Waals surface area contributed by atoms with Gasteiger partial charge in [0, 0.05) is 30.9 Å². The van der Waals surface area contributed by atoms with Crippen molar-refractivity contribution >= 4 is 5.91 Å². The molecule has 0 spiro atoms. The molecule has 0 unspecified atom stereocenters. The van der Waals surface area contributed by atoms with Gasteiger partial charge in [0.25, 0.3) is 5.56 Å². The summed E-state index contributed by atoms with van der Waals surface area (Å²) < 4.78 is 2.69. The molecular weight excluding hydrogens is 390 g/mol. The Labute approximate surface area is 180 Å². The van der Waals surface area contributed by atoms with Crippen molar-refractivity contribution in [2.75, 3.05) is 6.54 Å². The number of aromatic nitrogens is 4. The van der Waals surface area contributed by atoms with Crippen molar-refractivity contribution in [2.24, 2.45) is 0 Å². The molecule has 7 nitrogen and oxygen atoms in total. The second-order valence-corrected chi connectivity index (χ2v) is 7.15. The van der Waals surface area contributed by atoms with E-state index in [1.54, 1.807) is 24.5 Å². The van der Waals surface area contributed by atoms with E-state index in [1.165, 1.54) is 21.9 Å². The van der Waals surface area contributed by atoms with E-state index in [0.29, 0.717) is 12.4 Å². The maximum Gasteiger partial charge on any atom is 0.267 e. The van der Waals surface area contributed by atoms with Crippen molar-refractivity contribution in [1.29, 1.82) is 0 Å². The highest BCUT2D eigenvalue weighted by Crippen LogP contribution is 2.27. The van der Waals surface area contributed by atoms with E-state index in [4.69, 9.17) is 0 Å². The van der Waals surface area contributed by atoms with E-state index in [2.05, 4.69) is 39.8 Å². The standard InChI is InChI=1S/C24H23N5O2/c30-23(18-29-24(31)13-12-22(27-29)28-17-7-15-26-28)25-16-14-21(19-8-3-1-4-9-19)20-10-5-2-6-11-20/h1-13,15,17,21H,14,16,18H2,(H,25,30). The summed E-state index contributed by atoms with van der Waals surface area (Å²) in [6, 6.07) is 25.2. The summed E-state index contributed by atoms with van der Waals surface area (Å²) in [6.45, 7) is 0.343. The van der Waals surface area contributed by atoms with Crippen molar-refractivity contribution in [3.63, 3.8) is 0 Å². The number of nitrogens with zero attached hydrogens (tertiary/aromatic N) is 4. The highest BCUT2D eigenvalue weighted by molar-refractivity contribution is 5.75. The summed E-state index contributed by atoms with van der Waals surface area (Å²) in [7, 11) is 0. The summed E-state index contributed by atoms with van der Waals surface area (Å²) in [6.07, 6.45) is 4.10. The number of hydrogen-bond acceptors (Lipinski definition) is 4. The predicted octanol–water partition coefficient (Wildman–Crippen LogP) is 2.77. The fourth-order valence-electron chi connectivity index (χ4n) is 3.52. The normalized spacial score (nSPS) is 10.9. The van der Waals surface area contributed by atoms with Crippen LogP contribution in [0.2, 0.25) is 0 Å². The molecule has 7 heteroatoms. The van der Waals surface area contributed by atoms with Crippen LogP contribution in [0.1, 0.15) is 23.5 Å². The van der Waals surface area contributed by atoms with Crippen LogP contribution in [-0.4, -0.2) is 32.0 Å². The smallest absolute Gasteiger partial charge is 0.267 e.